The Morgan fingerprint density at radius 2 is 1.95 bits per heavy atom. The number of hydrogen-bond acceptors (Lipinski definition) is 7. The third-order valence-corrected chi connectivity index (χ3v) is 6.09. The summed E-state index contributed by atoms with van der Waals surface area (Å²) in [5, 5.41) is 9.25. The van der Waals surface area contributed by atoms with Crippen molar-refractivity contribution in [2.24, 2.45) is 0 Å². The predicted molar refractivity (Wildman–Crippen MR) is 137 cm³/mol. The lowest BCUT2D eigenvalue weighted by molar-refractivity contribution is -0.169. The highest BCUT2D eigenvalue weighted by Gasteiger charge is 2.36. The lowest BCUT2D eigenvalue weighted by Crippen LogP contribution is -2.43. The van der Waals surface area contributed by atoms with Gasteiger partial charge in [-0.3, -0.25) is 19.2 Å². The van der Waals surface area contributed by atoms with Crippen LogP contribution in [-0.2, 0) is 9.63 Å². The van der Waals surface area contributed by atoms with Gasteiger partial charge in [0.2, 0.25) is 5.88 Å². The summed E-state index contributed by atoms with van der Waals surface area (Å²) in [6.45, 7) is -1.61. The Hall–Kier alpha value is -4.02. The second kappa shape index (κ2) is 12.5. The number of amides is 3. The van der Waals surface area contributed by atoms with Crippen LogP contribution >= 0.6 is 23.2 Å². The molecule has 42 heavy (non-hydrogen) atoms. The fourth-order valence-electron chi connectivity index (χ4n) is 3.79. The van der Waals surface area contributed by atoms with Crippen molar-refractivity contribution in [3.05, 3.63) is 63.4 Å². The first-order chi connectivity index (χ1) is 19.7. The number of alkyl halides is 5. The van der Waals surface area contributed by atoms with E-state index in [-0.39, 0.29) is 38.4 Å². The molecule has 2 aromatic heterocycles. The third kappa shape index (κ3) is 7.24. The number of hydroxylamine groups is 2. The molecule has 1 saturated heterocycles. The highest BCUT2D eigenvalue weighted by molar-refractivity contribution is 6.32. The zero-order valence-electron chi connectivity index (χ0n) is 21.2. The number of halogens is 7. The van der Waals surface area contributed by atoms with E-state index in [4.69, 9.17) is 28.0 Å². The van der Waals surface area contributed by atoms with Crippen molar-refractivity contribution < 1.29 is 45.9 Å². The van der Waals surface area contributed by atoms with E-state index in [0.29, 0.717) is 5.06 Å². The van der Waals surface area contributed by atoms with Gasteiger partial charge in [-0.25, -0.2) is 23.5 Å². The second-order valence-corrected chi connectivity index (χ2v) is 9.55. The molecule has 1 aliphatic heterocycles. The number of pyridine rings is 1. The molecule has 11 nitrogen and oxygen atoms in total. The predicted octanol–water partition coefficient (Wildman–Crippen LogP) is 4.21. The van der Waals surface area contributed by atoms with Gasteiger partial charge in [-0.05, 0) is 36.8 Å². The number of aromatic nitrogens is 3. The number of hydrogen-bond donors (Lipinski definition) is 2. The third-order valence-electron chi connectivity index (χ3n) is 5.58. The van der Waals surface area contributed by atoms with Gasteiger partial charge >= 0.3 is 6.18 Å². The molecule has 1 aromatic carbocycles. The van der Waals surface area contributed by atoms with E-state index in [1.165, 1.54) is 37.4 Å². The zero-order valence-corrected chi connectivity index (χ0v) is 22.7. The minimum atomic E-state index is -4.69. The number of anilines is 1. The van der Waals surface area contributed by atoms with Gasteiger partial charge in [-0.2, -0.15) is 13.2 Å². The van der Waals surface area contributed by atoms with E-state index < -0.39 is 62.0 Å². The lowest BCUT2D eigenvalue weighted by Gasteiger charge is -2.17. The molecule has 0 aliphatic carbocycles. The summed E-state index contributed by atoms with van der Waals surface area (Å²) >= 11 is 12.3. The molecular weight excluding hydrogens is 618 g/mol. The molecule has 1 atom stereocenters. The number of rotatable bonds is 9. The molecule has 2 N–H and O–H groups in total. The number of carbonyl (C=O) groups is 3. The molecule has 3 aromatic rings. The summed E-state index contributed by atoms with van der Waals surface area (Å²) in [5.74, 6) is -3.46. The molecule has 0 saturated carbocycles. The number of nitrogens with one attached hydrogen (secondary N) is 2. The van der Waals surface area contributed by atoms with E-state index in [1.807, 2.05) is 0 Å². The van der Waals surface area contributed by atoms with Crippen LogP contribution in [0, 0.1) is 6.92 Å². The van der Waals surface area contributed by atoms with Gasteiger partial charge < -0.3 is 15.4 Å². The first kappa shape index (κ1) is 30.9. The molecule has 4 rings (SSSR count). The maximum atomic E-state index is 13.5. The Bertz CT molecular complexity index is 1520. The summed E-state index contributed by atoms with van der Waals surface area (Å²) < 4.78 is 69.1. The Kier molecular flexibility index (Phi) is 9.18. The van der Waals surface area contributed by atoms with Crippen molar-refractivity contribution in [3.63, 3.8) is 0 Å². The molecule has 3 amide bonds. The summed E-state index contributed by atoms with van der Waals surface area (Å²) in [6, 6.07) is 5.09. The van der Waals surface area contributed by atoms with Crippen molar-refractivity contribution in [3.8, 4) is 11.7 Å². The maximum Gasteiger partial charge on any atom is 0.422 e. The quantitative estimate of drug-likeness (QED) is 0.337. The van der Waals surface area contributed by atoms with Crippen LogP contribution in [0.5, 0.6) is 5.88 Å². The van der Waals surface area contributed by atoms with Crippen molar-refractivity contribution in [1.29, 1.82) is 0 Å². The van der Waals surface area contributed by atoms with Gasteiger partial charge in [-0.15, -0.1) is 5.10 Å². The van der Waals surface area contributed by atoms with Gasteiger partial charge in [0.15, 0.2) is 12.4 Å². The van der Waals surface area contributed by atoms with E-state index in [1.54, 1.807) is 0 Å². The molecule has 3 heterocycles. The normalized spacial score (nSPS) is 15.3. The average Bonchev–Trinajstić information content (AvgIpc) is 3.47. The van der Waals surface area contributed by atoms with E-state index in [0.717, 1.165) is 10.7 Å². The van der Waals surface area contributed by atoms with Crippen LogP contribution in [0.2, 0.25) is 10.0 Å². The number of benzene rings is 1. The van der Waals surface area contributed by atoms with Crippen LogP contribution in [0.25, 0.3) is 5.82 Å². The Balaban J connectivity index is 1.64. The van der Waals surface area contributed by atoms with Gasteiger partial charge in [0.25, 0.3) is 24.1 Å². The molecule has 0 radical (unpaired) electrons. The number of carbonyl (C=O) groups excluding carboxylic acids is 3. The topological polar surface area (TPSA) is 128 Å². The SMILES string of the molecule is Cc1cc(Cl)cc(C(=O)NC2CON(CC(F)F)C2=O)c1NC(=O)c1cc(OCC(F)(F)F)nn1-c1ncccc1Cl. The monoisotopic (exact) mass is 636 g/mol. The standard InChI is InChI=1S/C24H19Cl2F5N6O5/c1-11-5-12(25)6-13(21(38)33-15-9-42-36(23(15)40)8-17(27)28)19(11)34-22(39)16-7-18(41-10-24(29,30)31)35-37(16)20-14(26)3-2-4-32-20/h2-7,15,17H,8-10H2,1H3,(H,33,38)(H,34,39). The highest BCUT2D eigenvalue weighted by Crippen LogP contribution is 2.29. The van der Waals surface area contributed by atoms with Crippen molar-refractivity contribution in [1.82, 2.24) is 25.1 Å². The number of ether oxygens (including phenoxy) is 1. The fourth-order valence-corrected chi connectivity index (χ4v) is 4.26. The maximum absolute atomic E-state index is 13.5. The van der Waals surface area contributed by atoms with Gasteiger partial charge in [0, 0.05) is 17.3 Å². The zero-order chi connectivity index (χ0) is 30.8. The molecule has 0 bridgehead atoms. The summed E-state index contributed by atoms with van der Waals surface area (Å²) in [7, 11) is 0. The Morgan fingerprint density at radius 1 is 1.21 bits per heavy atom. The van der Waals surface area contributed by atoms with Crippen molar-refractivity contribution >= 4 is 46.6 Å². The van der Waals surface area contributed by atoms with Crippen LogP contribution in [-0.4, -0.2) is 76.0 Å². The summed E-state index contributed by atoms with van der Waals surface area (Å²) in [4.78, 5) is 47.9. The Morgan fingerprint density at radius 3 is 2.62 bits per heavy atom. The molecule has 224 valence electrons. The van der Waals surface area contributed by atoms with Crippen LogP contribution in [0.4, 0.5) is 27.6 Å². The lowest BCUT2D eigenvalue weighted by atomic mass is 10.1. The summed E-state index contributed by atoms with van der Waals surface area (Å²) in [6.07, 6.45) is -6.25. The highest BCUT2D eigenvalue weighted by atomic mass is 35.5. The fraction of sp³-hybridized carbons (Fsp3) is 0.292. The number of aryl methyl sites for hydroxylation is 1. The molecule has 0 spiro atoms. The first-order valence-corrected chi connectivity index (χ1v) is 12.5. The number of nitrogens with zero attached hydrogens (tertiary/aromatic N) is 4. The van der Waals surface area contributed by atoms with E-state index >= 15 is 0 Å². The Labute approximate surface area is 243 Å². The smallest absolute Gasteiger partial charge is 0.422 e. The van der Waals surface area contributed by atoms with Gasteiger partial charge in [-0.1, -0.05) is 23.2 Å². The second-order valence-electron chi connectivity index (χ2n) is 8.70. The van der Waals surface area contributed by atoms with Crippen LogP contribution in [0.3, 0.4) is 0 Å². The van der Waals surface area contributed by atoms with Crippen LogP contribution in [0.15, 0.2) is 36.5 Å². The molecule has 1 unspecified atom stereocenters. The largest absolute Gasteiger partial charge is 0.467 e. The first-order valence-electron chi connectivity index (χ1n) is 11.8. The van der Waals surface area contributed by atoms with E-state index in [2.05, 4.69) is 25.5 Å². The minimum absolute atomic E-state index is 0.00379. The minimum Gasteiger partial charge on any atom is -0.467 e. The summed E-state index contributed by atoms with van der Waals surface area (Å²) in [5.41, 5.74) is -0.389. The molecule has 1 aliphatic rings. The molecular formula is C24H19Cl2F5N6O5. The van der Waals surface area contributed by atoms with E-state index in [9.17, 15) is 36.3 Å². The van der Waals surface area contributed by atoms with Crippen molar-refractivity contribution in [2.45, 2.75) is 25.6 Å². The molecule has 18 heteroatoms. The van der Waals surface area contributed by atoms with Crippen LogP contribution < -0.4 is 15.4 Å². The molecule has 1 fully saturated rings. The van der Waals surface area contributed by atoms with Gasteiger partial charge in [0.05, 0.1) is 16.3 Å². The van der Waals surface area contributed by atoms with Crippen LogP contribution in [0.1, 0.15) is 26.4 Å². The average molecular weight is 637 g/mol. The van der Waals surface area contributed by atoms with Gasteiger partial charge in [0.1, 0.15) is 24.9 Å². The van der Waals surface area contributed by atoms with Crippen molar-refractivity contribution in [2.75, 3.05) is 25.1 Å².